The molecule has 2 aromatic rings. The lowest BCUT2D eigenvalue weighted by molar-refractivity contribution is -0.141. The molecule has 0 amide bonds. The zero-order chi connectivity index (χ0) is 23.3. The quantitative estimate of drug-likeness (QED) is 0.298. The molecule has 0 bridgehead atoms. The van der Waals surface area contributed by atoms with E-state index in [4.69, 9.17) is 14.2 Å². The monoisotopic (exact) mass is 506 g/mol. The zero-order valence-electron chi connectivity index (χ0n) is 18.1. The van der Waals surface area contributed by atoms with E-state index in [9.17, 15) is 13.6 Å². The summed E-state index contributed by atoms with van der Waals surface area (Å²) in [5, 5.41) is 0. The van der Waals surface area contributed by atoms with Gasteiger partial charge in [-0.1, -0.05) is 62.4 Å². The number of halogens is 3. The Balaban J connectivity index is 2.21. The molecule has 32 heavy (non-hydrogen) atoms. The van der Waals surface area contributed by atoms with Crippen molar-refractivity contribution in [3.63, 3.8) is 0 Å². The van der Waals surface area contributed by atoms with E-state index in [2.05, 4.69) is 15.9 Å². The molecule has 0 spiro atoms. The Kier molecular flexibility index (Phi) is 7.72. The Bertz CT molecular complexity index is 990. The molecule has 3 rings (SSSR count). The highest BCUT2D eigenvalue weighted by Crippen LogP contribution is 2.50. The Hall–Kier alpha value is -2.67. The summed E-state index contributed by atoms with van der Waals surface area (Å²) in [6, 6.07) is 18.2. The molecule has 0 saturated heterocycles. The van der Waals surface area contributed by atoms with Gasteiger partial charge in [0.1, 0.15) is 11.5 Å². The summed E-state index contributed by atoms with van der Waals surface area (Å²) in [7, 11) is 0. The lowest BCUT2D eigenvalue weighted by Crippen LogP contribution is -2.47. The molecular weight excluding hydrogens is 482 g/mol. The minimum Gasteiger partial charge on any atom is -0.467 e. The maximum absolute atomic E-state index is 13.6. The minimum atomic E-state index is -3.07. The van der Waals surface area contributed by atoms with Crippen LogP contribution in [0.25, 0.3) is 0 Å². The van der Waals surface area contributed by atoms with Gasteiger partial charge >= 0.3 is 12.6 Å². The maximum atomic E-state index is 13.6. The van der Waals surface area contributed by atoms with Gasteiger partial charge in [0.2, 0.25) is 4.51 Å². The van der Waals surface area contributed by atoms with Gasteiger partial charge in [-0.25, -0.2) is 0 Å². The molecule has 7 heteroatoms. The van der Waals surface area contributed by atoms with Gasteiger partial charge < -0.3 is 14.2 Å². The van der Waals surface area contributed by atoms with Crippen LogP contribution in [-0.4, -0.2) is 17.1 Å². The van der Waals surface area contributed by atoms with Crippen molar-refractivity contribution in [2.45, 2.75) is 38.3 Å². The van der Waals surface area contributed by atoms with Crippen LogP contribution in [0, 0.1) is 11.8 Å². The molecule has 2 unspecified atom stereocenters. The van der Waals surface area contributed by atoms with E-state index in [1.165, 1.54) is 6.92 Å². The number of hydrogen-bond acceptors (Lipinski definition) is 4. The fraction of sp³-hybridized carbons (Fsp3) is 0.320. The number of rotatable bonds is 8. The summed E-state index contributed by atoms with van der Waals surface area (Å²) in [6.07, 6.45) is 1.90. The Morgan fingerprint density at radius 2 is 1.66 bits per heavy atom. The van der Waals surface area contributed by atoms with Crippen molar-refractivity contribution in [3.8, 4) is 5.75 Å². The van der Waals surface area contributed by atoms with Gasteiger partial charge in [0.15, 0.2) is 5.76 Å². The van der Waals surface area contributed by atoms with E-state index in [1.807, 2.05) is 50.2 Å². The van der Waals surface area contributed by atoms with Crippen molar-refractivity contribution < 1.29 is 27.8 Å². The fourth-order valence-corrected chi connectivity index (χ4v) is 5.14. The highest BCUT2D eigenvalue weighted by molar-refractivity contribution is 9.10. The summed E-state index contributed by atoms with van der Waals surface area (Å²) in [6.45, 7) is 2.03. The lowest BCUT2D eigenvalue weighted by Gasteiger charge is -2.43. The van der Waals surface area contributed by atoms with E-state index < -0.39 is 23.0 Å². The van der Waals surface area contributed by atoms with Crippen LogP contribution in [0.1, 0.15) is 26.3 Å². The molecule has 1 aliphatic rings. The molecule has 170 valence electrons. The molecule has 0 saturated carbocycles. The van der Waals surface area contributed by atoms with Crippen LogP contribution in [0.2, 0.25) is 0 Å². The average Bonchev–Trinajstić information content (AvgIpc) is 2.71. The van der Waals surface area contributed by atoms with Crippen LogP contribution in [-0.2, 0) is 20.7 Å². The van der Waals surface area contributed by atoms with Gasteiger partial charge in [0.05, 0.1) is 5.92 Å². The van der Waals surface area contributed by atoms with Crippen molar-refractivity contribution >= 4 is 21.9 Å². The lowest BCUT2D eigenvalue weighted by atomic mass is 9.80. The van der Waals surface area contributed by atoms with Crippen LogP contribution >= 0.6 is 15.9 Å². The van der Waals surface area contributed by atoms with Gasteiger partial charge in [-0.3, -0.25) is 4.79 Å². The summed E-state index contributed by atoms with van der Waals surface area (Å²) in [4.78, 5) is 11.9. The molecular formula is C25H25BrF2O4. The van der Waals surface area contributed by atoms with E-state index in [0.717, 1.165) is 5.56 Å². The third-order valence-electron chi connectivity index (χ3n) is 5.01. The number of hydrogen-bond donors (Lipinski definition) is 0. The number of allylic oxidation sites excluding steroid dienone is 2. The second-order valence-electron chi connectivity index (χ2n) is 7.82. The first-order valence-corrected chi connectivity index (χ1v) is 11.1. The number of ether oxygens (including phenoxy) is 3. The molecule has 0 radical (unpaired) electrons. The van der Waals surface area contributed by atoms with Crippen molar-refractivity contribution in [1.82, 2.24) is 0 Å². The van der Waals surface area contributed by atoms with Crippen molar-refractivity contribution in [2.75, 3.05) is 0 Å². The first kappa shape index (κ1) is 24.0. The topological polar surface area (TPSA) is 44.8 Å². The van der Waals surface area contributed by atoms with Gasteiger partial charge in [-0.2, -0.15) is 8.78 Å². The molecule has 1 aliphatic carbocycles. The number of alkyl halides is 3. The average molecular weight is 507 g/mol. The first-order valence-electron chi connectivity index (χ1n) is 10.3. The first-order chi connectivity index (χ1) is 15.2. The van der Waals surface area contributed by atoms with Crippen LogP contribution in [0.15, 0.2) is 83.8 Å². The number of benzene rings is 2. The van der Waals surface area contributed by atoms with Crippen molar-refractivity contribution in [2.24, 2.45) is 11.8 Å². The number of carbonyl (C=O) groups is 1. The number of para-hydroxylation sites is 1. The third kappa shape index (κ3) is 5.57. The fourth-order valence-electron chi connectivity index (χ4n) is 3.85. The van der Waals surface area contributed by atoms with Gasteiger partial charge in [0, 0.05) is 18.9 Å². The van der Waals surface area contributed by atoms with Crippen molar-refractivity contribution in [3.05, 3.63) is 89.4 Å². The standard InChI is InChI=1S/C25H25BrF2O4/c1-16(2)22-21(30-17(3)29)15-19(14-18-10-6-4-7-11-18)23(31-24(27)28)25(22,26)32-20-12-8-5-9-13-20/h4-13,15-16,22,24H,14H2,1-3H3. The summed E-state index contributed by atoms with van der Waals surface area (Å²) in [5.74, 6) is -0.553. The van der Waals surface area contributed by atoms with E-state index in [1.54, 1.807) is 30.3 Å². The second-order valence-corrected chi connectivity index (χ2v) is 9.00. The van der Waals surface area contributed by atoms with Crippen LogP contribution in [0.5, 0.6) is 5.75 Å². The molecule has 0 N–H and O–H groups in total. The van der Waals surface area contributed by atoms with E-state index in [0.29, 0.717) is 17.1 Å². The second kappa shape index (κ2) is 10.3. The van der Waals surface area contributed by atoms with Crippen LogP contribution < -0.4 is 4.74 Å². The van der Waals surface area contributed by atoms with E-state index >= 15 is 0 Å². The number of esters is 1. The molecule has 0 fully saturated rings. The minimum absolute atomic E-state index is 0.0465. The van der Waals surface area contributed by atoms with E-state index in [-0.39, 0.29) is 18.1 Å². The third-order valence-corrected chi connectivity index (χ3v) is 6.02. The summed E-state index contributed by atoms with van der Waals surface area (Å²) >= 11 is 3.61. The maximum Gasteiger partial charge on any atom is 0.387 e. The highest BCUT2D eigenvalue weighted by atomic mass is 79.9. The zero-order valence-corrected chi connectivity index (χ0v) is 19.6. The molecule has 0 heterocycles. The van der Waals surface area contributed by atoms with Gasteiger partial charge in [-0.15, -0.1) is 0 Å². The Morgan fingerprint density at radius 3 is 2.19 bits per heavy atom. The molecule has 4 nitrogen and oxygen atoms in total. The predicted molar refractivity (Wildman–Crippen MR) is 121 cm³/mol. The summed E-state index contributed by atoms with van der Waals surface area (Å²) in [5.41, 5.74) is 1.31. The number of carbonyl (C=O) groups excluding carboxylic acids is 1. The molecule has 2 atom stereocenters. The van der Waals surface area contributed by atoms with Crippen molar-refractivity contribution in [1.29, 1.82) is 0 Å². The largest absolute Gasteiger partial charge is 0.467 e. The predicted octanol–water partition coefficient (Wildman–Crippen LogP) is 6.63. The Morgan fingerprint density at radius 1 is 1.06 bits per heavy atom. The van der Waals surface area contributed by atoms with Gasteiger partial charge in [0.25, 0.3) is 0 Å². The van der Waals surface area contributed by atoms with Gasteiger partial charge in [-0.05, 0) is 45.6 Å². The normalized spacial score (nSPS) is 20.9. The smallest absolute Gasteiger partial charge is 0.387 e. The summed E-state index contributed by atoms with van der Waals surface area (Å²) < 4.78 is 42.6. The molecule has 0 aromatic heterocycles. The Labute approximate surface area is 195 Å². The molecule has 0 aliphatic heterocycles. The molecule has 2 aromatic carbocycles. The SMILES string of the molecule is CC(=O)OC1=CC(Cc2ccccc2)=C(OC(F)F)C(Br)(Oc2ccccc2)C1C(C)C. The highest BCUT2D eigenvalue weighted by Gasteiger charge is 2.53. The van der Waals surface area contributed by atoms with Crippen LogP contribution in [0.3, 0.4) is 0 Å². The van der Waals surface area contributed by atoms with Crippen LogP contribution in [0.4, 0.5) is 8.78 Å².